The topological polar surface area (TPSA) is 59.9 Å². The summed E-state index contributed by atoms with van der Waals surface area (Å²) in [6, 6.07) is 18.0. The van der Waals surface area contributed by atoms with Gasteiger partial charge in [-0.15, -0.1) is 0 Å². The van der Waals surface area contributed by atoms with Crippen LogP contribution in [0.3, 0.4) is 0 Å². The van der Waals surface area contributed by atoms with Crippen molar-refractivity contribution in [2.75, 3.05) is 7.11 Å². The van der Waals surface area contributed by atoms with E-state index in [1.54, 1.807) is 37.4 Å². The number of carbonyl (C=O) groups is 1. The smallest absolute Gasteiger partial charge is 0.272 e. The maximum atomic E-state index is 12.2. The predicted octanol–water partition coefficient (Wildman–Crippen LogP) is 5.65. The van der Waals surface area contributed by atoms with E-state index in [0.29, 0.717) is 33.7 Å². The largest absolute Gasteiger partial charge is 0.493 e. The second kappa shape index (κ2) is 10.1. The molecule has 7 heteroatoms. The van der Waals surface area contributed by atoms with Gasteiger partial charge in [0.1, 0.15) is 6.61 Å². The molecule has 1 amide bonds. The molecule has 1 N–H and O–H groups in total. The first kappa shape index (κ1) is 21.7. The second-order valence-electron chi connectivity index (χ2n) is 6.47. The van der Waals surface area contributed by atoms with Gasteiger partial charge < -0.3 is 9.47 Å². The van der Waals surface area contributed by atoms with Crippen LogP contribution in [0.2, 0.25) is 10.0 Å². The second-order valence-corrected chi connectivity index (χ2v) is 7.29. The van der Waals surface area contributed by atoms with Gasteiger partial charge in [-0.3, -0.25) is 4.79 Å². The quantitative estimate of drug-likeness (QED) is 0.379. The average molecular weight is 443 g/mol. The molecular weight excluding hydrogens is 423 g/mol. The van der Waals surface area contributed by atoms with E-state index in [1.165, 1.54) is 6.21 Å². The molecule has 0 saturated heterocycles. The van der Waals surface area contributed by atoms with Crippen LogP contribution in [0.15, 0.2) is 65.8 Å². The van der Waals surface area contributed by atoms with Crippen molar-refractivity contribution in [2.45, 2.75) is 13.5 Å². The molecule has 0 bridgehead atoms. The highest BCUT2D eigenvalue weighted by Gasteiger charge is 2.10. The van der Waals surface area contributed by atoms with E-state index in [-0.39, 0.29) is 5.91 Å². The number of amides is 1. The van der Waals surface area contributed by atoms with Crippen LogP contribution in [0, 0.1) is 6.92 Å². The normalized spacial score (nSPS) is 10.8. The Morgan fingerprint density at radius 2 is 1.83 bits per heavy atom. The molecule has 3 aromatic rings. The Morgan fingerprint density at radius 1 is 1.03 bits per heavy atom. The lowest BCUT2D eigenvalue weighted by Gasteiger charge is -2.12. The Hall–Kier alpha value is -3.02. The van der Waals surface area contributed by atoms with E-state index in [4.69, 9.17) is 32.7 Å². The van der Waals surface area contributed by atoms with Crippen molar-refractivity contribution in [1.82, 2.24) is 5.43 Å². The lowest BCUT2D eigenvalue weighted by Crippen LogP contribution is -2.18. The molecule has 0 radical (unpaired) electrons. The zero-order valence-electron chi connectivity index (χ0n) is 16.5. The molecule has 0 aliphatic rings. The number of nitrogens with zero attached hydrogens (tertiary/aromatic N) is 1. The highest BCUT2D eigenvalue weighted by Crippen LogP contribution is 2.29. The van der Waals surface area contributed by atoms with Crippen molar-refractivity contribution >= 4 is 35.3 Å². The number of benzene rings is 3. The predicted molar refractivity (Wildman–Crippen MR) is 120 cm³/mol. The summed E-state index contributed by atoms with van der Waals surface area (Å²) in [7, 11) is 1.56. The zero-order chi connectivity index (χ0) is 21.5. The number of hydrazone groups is 1. The molecule has 0 unspecified atom stereocenters. The molecule has 0 saturated carbocycles. The maximum absolute atomic E-state index is 12.2. The Bertz CT molecular complexity index is 1080. The van der Waals surface area contributed by atoms with E-state index in [2.05, 4.69) is 10.5 Å². The minimum Gasteiger partial charge on any atom is -0.493 e. The highest BCUT2D eigenvalue weighted by molar-refractivity contribution is 6.34. The molecule has 0 atom stereocenters. The van der Waals surface area contributed by atoms with Gasteiger partial charge in [0.05, 0.1) is 23.9 Å². The Morgan fingerprint density at radius 3 is 2.57 bits per heavy atom. The van der Waals surface area contributed by atoms with Crippen LogP contribution >= 0.6 is 23.2 Å². The average Bonchev–Trinajstić information content (AvgIpc) is 2.73. The van der Waals surface area contributed by atoms with Gasteiger partial charge in [0, 0.05) is 10.6 Å². The molecule has 5 nitrogen and oxygen atoms in total. The van der Waals surface area contributed by atoms with Gasteiger partial charge in [0.25, 0.3) is 5.91 Å². The van der Waals surface area contributed by atoms with Gasteiger partial charge in [-0.05, 0) is 54.4 Å². The Labute approximate surface area is 185 Å². The molecule has 3 rings (SSSR count). The summed E-state index contributed by atoms with van der Waals surface area (Å²) in [5, 5.41) is 5.02. The fourth-order valence-electron chi connectivity index (χ4n) is 2.68. The van der Waals surface area contributed by atoms with Gasteiger partial charge in [0.2, 0.25) is 0 Å². The van der Waals surface area contributed by atoms with Crippen LogP contribution < -0.4 is 14.9 Å². The van der Waals surface area contributed by atoms with Crippen molar-refractivity contribution in [1.29, 1.82) is 0 Å². The minimum atomic E-state index is -0.386. The number of nitrogens with one attached hydrogen (secondary N) is 1. The summed E-state index contributed by atoms with van der Waals surface area (Å²) in [5.41, 5.74) is 5.42. The number of hydrogen-bond acceptors (Lipinski definition) is 4. The molecule has 0 aliphatic heterocycles. The Balaban J connectivity index is 1.65. The van der Waals surface area contributed by atoms with Crippen LogP contribution in [0.25, 0.3) is 0 Å². The summed E-state index contributed by atoms with van der Waals surface area (Å²) in [5.74, 6) is 0.729. The molecule has 0 aliphatic carbocycles. The van der Waals surface area contributed by atoms with Gasteiger partial charge in [-0.2, -0.15) is 5.10 Å². The van der Waals surface area contributed by atoms with Crippen LogP contribution in [-0.2, 0) is 6.61 Å². The first-order chi connectivity index (χ1) is 14.5. The zero-order valence-corrected chi connectivity index (χ0v) is 18.0. The summed E-state index contributed by atoms with van der Waals surface area (Å²) in [6.45, 7) is 2.22. The molecule has 0 spiro atoms. The third-order valence-electron chi connectivity index (χ3n) is 4.28. The number of aryl methyl sites for hydroxylation is 1. The third kappa shape index (κ3) is 5.53. The number of methoxy groups -OCH3 is 1. The van der Waals surface area contributed by atoms with Gasteiger partial charge in [-0.25, -0.2) is 5.43 Å². The van der Waals surface area contributed by atoms with Crippen molar-refractivity contribution in [3.05, 3.63) is 93.0 Å². The SMILES string of the molecule is COc1cc(/C=N\NC(=O)c2ccc(C)cc2Cl)ccc1OCc1ccccc1Cl. The van der Waals surface area contributed by atoms with Gasteiger partial charge in [0.15, 0.2) is 11.5 Å². The van der Waals surface area contributed by atoms with E-state index >= 15 is 0 Å². The number of halogens is 2. The molecule has 0 fully saturated rings. The monoisotopic (exact) mass is 442 g/mol. The maximum Gasteiger partial charge on any atom is 0.272 e. The van der Waals surface area contributed by atoms with Crippen LogP contribution in [0.5, 0.6) is 11.5 Å². The van der Waals surface area contributed by atoms with Gasteiger partial charge >= 0.3 is 0 Å². The number of ether oxygens (including phenoxy) is 2. The number of hydrogen-bond donors (Lipinski definition) is 1. The lowest BCUT2D eigenvalue weighted by molar-refractivity contribution is 0.0955. The molecule has 0 aromatic heterocycles. The number of carbonyl (C=O) groups excluding carboxylic acids is 1. The van der Waals surface area contributed by atoms with Crippen LogP contribution in [0.4, 0.5) is 0 Å². The van der Waals surface area contributed by atoms with Crippen molar-refractivity contribution in [2.24, 2.45) is 5.10 Å². The van der Waals surface area contributed by atoms with Crippen molar-refractivity contribution in [3.63, 3.8) is 0 Å². The third-order valence-corrected chi connectivity index (χ3v) is 4.96. The molecule has 3 aromatic carbocycles. The molecule has 30 heavy (non-hydrogen) atoms. The molecule has 154 valence electrons. The fraction of sp³-hybridized carbons (Fsp3) is 0.130. The molecular formula is C23H20Cl2N2O3. The van der Waals surface area contributed by atoms with Crippen LogP contribution in [-0.4, -0.2) is 19.2 Å². The summed E-state index contributed by atoms with van der Waals surface area (Å²) in [6.07, 6.45) is 1.51. The minimum absolute atomic E-state index is 0.316. The lowest BCUT2D eigenvalue weighted by atomic mass is 10.1. The van der Waals surface area contributed by atoms with Crippen molar-refractivity contribution in [3.8, 4) is 11.5 Å². The van der Waals surface area contributed by atoms with E-state index < -0.39 is 0 Å². The van der Waals surface area contributed by atoms with Crippen LogP contribution in [0.1, 0.15) is 27.0 Å². The first-order valence-electron chi connectivity index (χ1n) is 9.11. The summed E-state index contributed by atoms with van der Waals surface area (Å²) >= 11 is 12.3. The highest BCUT2D eigenvalue weighted by atomic mass is 35.5. The van der Waals surface area contributed by atoms with E-state index in [1.807, 2.05) is 37.3 Å². The number of rotatable bonds is 7. The van der Waals surface area contributed by atoms with E-state index in [0.717, 1.165) is 16.7 Å². The van der Waals surface area contributed by atoms with Crippen molar-refractivity contribution < 1.29 is 14.3 Å². The fourth-order valence-corrected chi connectivity index (χ4v) is 3.20. The standard InChI is InChI=1S/C23H20Cl2N2O3/c1-15-7-9-18(20(25)11-15)23(28)27-26-13-16-8-10-21(22(12-16)29-2)30-14-17-5-3-4-6-19(17)24/h3-13H,14H2,1-2H3,(H,27,28)/b26-13-. The molecule has 0 heterocycles. The first-order valence-corrected chi connectivity index (χ1v) is 9.87. The summed E-state index contributed by atoms with van der Waals surface area (Å²) < 4.78 is 11.2. The van der Waals surface area contributed by atoms with E-state index in [9.17, 15) is 4.79 Å². The summed E-state index contributed by atoms with van der Waals surface area (Å²) in [4.78, 5) is 12.2. The van der Waals surface area contributed by atoms with Gasteiger partial charge in [-0.1, -0.05) is 47.5 Å². The Kier molecular flexibility index (Phi) is 7.33.